The summed E-state index contributed by atoms with van der Waals surface area (Å²) in [4.78, 5) is 6.11. The highest BCUT2D eigenvalue weighted by Gasteiger charge is 2.30. The summed E-state index contributed by atoms with van der Waals surface area (Å²) in [6.45, 7) is 5.78. The molecule has 134 valence electrons. The molecule has 0 bridgehead atoms. The molecule has 4 rings (SSSR count). The molecular weight excluding hydrogens is 344 g/mol. The topological polar surface area (TPSA) is 51.5 Å². The van der Waals surface area contributed by atoms with Crippen molar-refractivity contribution in [1.29, 1.82) is 0 Å². The zero-order chi connectivity index (χ0) is 18.3. The van der Waals surface area contributed by atoms with E-state index in [4.69, 9.17) is 0 Å². The van der Waals surface area contributed by atoms with Gasteiger partial charge in [-0.15, -0.1) is 0 Å². The first-order valence-electron chi connectivity index (χ1n) is 8.98. The van der Waals surface area contributed by atoms with Crippen molar-refractivity contribution in [3.63, 3.8) is 0 Å². The molecule has 2 aromatic carbocycles. The number of aromatic amines is 1. The van der Waals surface area contributed by atoms with Crippen LogP contribution in [0.5, 0.6) is 0 Å². The van der Waals surface area contributed by atoms with Crippen LogP contribution in [0.4, 0.5) is 5.69 Å². The van der Waals surface area contributed by atoms with E-state index in [1.165, 1.54) is 0 Å². The van der Waals surface area contributed by atoms with Crippen molar-refractivity contribution in [1.82, 2.24) is 0 Å². The molecule has 5 heteroatoms. The summed E-state index contributed by atoms with van der Waals surface area (Å²) in [6.07, 6.45) is 3.84. The first-order chi connectivity index (χ1) is 12.5. The van der Waals surface area contributed by atoms with E-state index < -0.39 is 9.84 Å². The maximum Gasteiger partial charge on any atom is 0.214 e. The number of hydrogen-bond donors (Lipinski definition) is 0. The van der Waals surface area contributed by atoms with Gasteiger partial charge in [0.05, 0.1) is 16.0 Å². The third kappa shape index (κ3) is 2.86. The molecule has 1 saturated heterocycles. The minimum Gasteiger partial charge on any atom is -0.370 e. The van der Waals surface area contributed by atoms with Crippen LogP contribution in [0.15, 0.2) is 58.5 Å². The average Bonchev–Trinajstić information content (AvgIpc) is 3.15. The molecule has 4 nitrogen and oxygen atoms in total. The van der Waals surface area contributed by atoms with Crippen LogP contribution < -0.4 is 9.88 Å². The summed E-state index contributed by atoms with van der Waals surface area (Å²) in [7, 11) is -3.60. The van der Waals surface area contributed by atoms with Crippen LogP contribution in [-0.2, 0) is 9.84 Å². The van der Waals surface area contributed by atoms with Crippen molar-refractivity contribution >= 4 is 26.4 Å². The van der Waals surface area contributed by atoms with Crippen molar-refractivity contribution in [2.45, 2.75) is 36.5 Å². The van der Waals surface area contributed by atoms with Gasteiger partial charge in [0.2, 0.25) is 15.4 Å². The number of anilines is 1. The lowest BCUT2D eigenvalue weighted by atomic mass is 10.1. The van der Waals surface area contributed by atoms with Crippen LogP contribution >= 0.6 is 0 Å². The summed E-state index contributed by atoms with van der Waals surface area (Å²) in [5.41, 5.74) is 3.96. The van der Waals surface area contributed by atoms with E-state index >= 15 is 0 Å². The van der Waals surface area contributed by atoms with Gasteiger partial charge in [-0.1, -0.05) is 23.8 Å². The molecule has 2 heterocycles. The van der Waals surface area contributed by atoms with E-state index in [2.05, 4.69) is 16.0 Å². The molecule has 0 amide bonds. The molecule has 1 aliphatic rings. The molecular formula is C21H23N2O2S+. The van der Waals surface area contributed by atoms with Crippen LogP contribution in [-0.4, -0.2) is 21.5 Å². The first-order valence-corrected chi connectivity index (χ1v) is 10.5. The second-order valence-electron chi connectivity index (χ2n) is 7.06. The van der Waals surface area contributed by atoms with Crippen LogP contribution in [0.25, 0.3) is 10.9 Å². The van der Waals surface area contributed by atoms with Crippen molar-refractivity contribution in [2.24, 2.45) is 0 Å². The number of benzene rings is 2. The molecule has 0 saturated carbocycles. The van der Waals surface area contributed by atoms with Gasteiger partial charge >= 0.3 is 0 Å². The number of hydrogen-bond acceptors (Lipinski definition) is 3. The van der Waals surface area contributed by atoms with Gasteiger partial charge < -0.3 is 4.90 Å². The Morgan fingerprint density at radius 3 is 2.27 bits per heavy atom. The number of fused-ring (bicyclic) bond motifs is 1. The fraction of sp³-hybridized carbons (Fsp3) is 0.286. The lowest BCUT2D eigenvalue weighted by molar-refractivity contribution is -0.347. The molecule has 26 heavy (non-hydrogen) atoms. The third-order valence-electron chi connectivity index (χ3n) is 5.07. The molecule has 3 aromatic rings. The SMILES string of the molecule is Cc1ccc(S(=O)(=O)c2c[nH+]c3ccc(C)cc3c2N2CCCC2)cc1. The molecule has 0 radical (unpaired) electrons. The van der Waals surface area contributed by atoms with E-state index in [9.17, 15) is 8.42 Å². The van der Waals surface area contributed by atoms with Crippen molar-refractivity contribution in [2.75, 3.05) is 18.0 Å². The minimum atomic E-state index is -3.60. The molecule has 0 atom stereocenters. The van der Waals surface area contributed by atoms with Gasteiger partial charge in [0, 0.05) is 19.2 Å². The maximum absolute atomic E-state index is 13.4. The molecule has 0 aliphatic carbocycles. The number of nitrogens with one attached hydrogen (secondary N) is 1. The number of pyridine rings is 1. The third-order valence-corrected chi connectivity index (χ3v) is 6.85. The molecule has 0 spiro atoms. The largest absolute Gasteiger partial charge is 0.370 e. The smallest absolute Gasteiger partial charge is 0.214 e. The van der Waals surface area contributed by atoms with Gasteiger partial charge in [0.25, 0.3) is 0 Å². The summed E-state index contributed by atoms with van der Waals surface area (Å²) in [5.74, 6) is 0. The van der Waals surface area contributed by atoms with Crippen molar-refractivity contribution in [3.8, 4) is 0 Å². The molecule has 1 fully saturated rings. The van der Waals surface area contributed by atoms with Crippen molar-refractivity contribution < 1.29 is 13.4 Å². The standard InChI is InChI=1S/C21H22N2O2S/c1-15-5-8-17(9-6-15)26(24,25)20-14-22-19-10-7-16(2)13-18(19)21(20)23-11-3-4-12-23/h5-10,13-14H,3-4,11-12H2,1-2H3/p+1. The summed E-state index contributed by atoms with van der Waals surface area (Å²) in [6, 6.07) is 13.2. The highest BCUT2D eigenvalue weighted by Crippen LogP contribution is 2.36. The number of rotatable bonds is 3. The van der Waals surface area contributed by atoms with Crippen LogP contribution in [0, 0.1) is 13.8 Å². The Bertz CT molecular complexity index is 1070. The molecule has 1 aliphatic heterocycles. The Morgan fingerprint density at radius 1 is 0.923 bits per heavy atom. The molecule has 1 aromatic heterocycles. The average molecular weight is 367 g/mol. The van der Waals surface area contributed by atoms with Gasteiger partial charge in [-0.2, -0.15) is 0 Å². The Morgan fingerprint density at radius 2 is 1.58 bits per heavy atom. The summed E-state index contributed by atoms with van der Waals surface area (Å²) < 4.78 is 26.8. The maximum atomic E-state index is 13.4. The predicted octanol–water partition coefficient (Wildman–Crippen LogP) is 3.70. The van der Waals surface area contributed by atoms with Crippen LogP contribution in [0.2, 0.25) is 0 Å². The second-order valence-corrected chi connectivity index (χ2v) is 8.98. The molecule has 1 N–H and O–H groups in total. The predicted molar refractivity (Wildman–Crippen MR) is 103 cm³/mol. The summed E-state index contributed by atoms with van der Waals surface area (Å²) >= 11 is 0. The van der Waals surface area contributed by atoms with Crippen molar-refractivity contribution in [3.05, 3.63) is 59.8 Å². The number of sulfone groups is 1. The van der Waals surface area contributed by atoms with Gasteiger partial charge in [-0.25, -0.2) is 13.4 Å². The van der Waals surface area contributed by atoms with E-state index in [-0.39, 0.29) is 0 Å². The minimum absolute atomic E-state index is 0.337. The van der Waals surface area contributed by atoms with E-state index in [0.29, 0.717) is 9.79 Å². The molecule has 0 unspecified atom stereocenters. The Kier molecular flexibility index (Phi) is 4.19. The normalized spacial score (nSPS) is 14.9. The zero-order valence-electron chi connectivity index (χ0n) is 15.1. The Balaban J connectivity index is 1.99. The number of aromatic nitrogens is 1. The highest BCUT2D eigenvalue weighted by molar-refractivity contribution is 7.91. The number of nitrogens with zero attached hydrogens (tertiary/aromatic N) is 1. The number of aryl methyl sites for hydroxylation is 2. The second kappa shape index (κ2) is 6.40. The van der Waals surface area contributed by atoms with Gasteiger partial charge in [-0.3, -0.25) is 0 Å². The lowest BCUT2D eigenvalue weighted by Crippen LogP contribution is -2.23. The van der Waals surface area contributed by atoms with Crippen LogP contribution in [0.1, 0.15) is 24.0 Å². The fourth-order valence-corrected chi connectivity index (χ4v) is 5.10. The van der Waals surface area contributed by atoms with Gasteiger partial charge in [0.15, 0.2) is 11.1 Å². The lowest BCUT2D eigenvalue weighted by Gasteiger charge is -2.21. The fourth-order valence-electron chi connectivity index (χ4n) is 3.64. The van der Waals surface area contributed by atoms with Gasteiger partial charge in [0.1, 0.15) is 0 Å². The van der Waals surface area contributed by atoms with E-state index in [0.717, 1.165) is 53.6 Å². The Labute approximate surface area is 154 Å². The van der Waals surface area contributed by atoms with E-state index in [1.54, 1.807) is 18.3 Å². The monoisotopic (exact) mass is 367 g/mol. The van der Waals surface area contributed by atoms with Gasteiger partial charge in [-0.05, 0) is 50.5 Å². The number of H-pyrrole nitrogens is 1. The highest BCUT2D eigenvalue weighted by atomic mass is 32.2. The quantitative estimate of drug-likeness (QED) is 0.709. The van der Waals surface area contributed by atoms with Crippen LogP contribution in [0.3, 0.4) is 0 Å². The zero-order valence-corrected chi connectivity index (χ0v) is 15.9. The van der Waals surface area contributed by atoms with E-state index in [1.807, 2.05) is 38.1 Å². The first kappa shape index (κ1) is 17.0. The summed E-state index contributed by atoms with van der Waals surface area (Å²) in [5, 5.41) is 0.972. The Hall–Kier alpha value is -2.40.